The topological polar surface area (TPSA) is 0 Å². The van der Waals surface area contributed by atoms with Crippen LogP contribution in [-0.2, 0) is 36.6 Å². The largest absolute Gasteiger partial charge is 1.00 e. The van der Waals surface area contributed by atoms with Gasteiger partial charge in [0, 0.05) is 0 Å². The number of allylic oxidation sites excluding steroid dienone is 1. The molecule has 0 aromatic heterocycles. The van der Waals surface area contributed by atoms with Crippen LogP contribution < -0.4 is 28.1 Å². The average Bonchev–Trinajstić information content (AvgIpc) is 2.50. The van der Waals surface area contributed by atoms with E-state index < -0.39 is 0 Å². The molecular formula is C13H15Cl2Zr. The van der Waals surface area contributed by atoms with E-state index in [0.717, 1.165) is 6.42 Å². The SMILES string of the molecule is CC(C)(C)c1c[c]([Zr+2])c2c(c1)CC=C2.[Cl-].[Cl-]. The van der Waals surface area contributed by atoms with E-state index in [-0.39, 0.29) is 30.2 Å². The van der Waals surface area contributed by atoms with Crippen LogP contribution in [0.5, 0.6) is 0 Å². The second kappa shape index (κ2) is 5.85. The predicted molar refractivity (Wildman–Crippen MR) is 57.5 cm³/mol. The molecule has 0 radical (unpaired) electrons. The minimum atomic E-state index is 0. The molecular weight excluding hydrogens is 318 g/mol. The van der Waals surface area contributed by atoms with E-state index in [0.29, 0.717) is 0 Å². The summed E-state index contributed by atoms with van der Waals surface area (Å²) < 4.78 is 1.51. The van der Waals surface area contributed by atoms with Gasteiger partial charge in [0.1, 0.15) is 0 Å². The fourth-order valence-electron chi connectivity index (χ4n) is 1.82. The first-order chi connectivity index (χ1) is 6.48. The van der Waals surface area contributed by atoms with E-state index >= 15 is 0 Å². The van der Waals surface area contributed by atoms with Crippen molar-refractivity contribution in [3.05, 3.63) is 34.9 Å². The minimum Gasteiger partial charge on any atom is -1.00 e. The van der Waals surface area contributed by atoms with E-state index in [1.54, 1.807) is 0 Å². The fraction of sp³-hybridized carbons (Fsp3) is 0.385. The monoisotopic (exact) mass is 331 g/mol. The van der Waals surface area contributed by atoms with Crippen molar-refractivity contribution >= 4 is 9.35 Å². The van der Waals surface area contributed by atoms with Crippen molar-refractivity contribution in [3.8, 4) is 0 Å². The van der Waals surface area contributed by atoms with Gasteiger partial charge in [-0.25, -0.2) is 0 Å². The number of hydrogen-bond acceptors (Lipinski definition) is 0. The van der Waals surface area contributed by atoms with Gasteiger partial charge in [-0.3, -0.25) is 0 Å². The van der Waals surface area contributed by atoms with Crippen molar-refractivity contribution in [2.45, 2.75) is 32.6 Å². The van der Waals surface area contributed by atoms with E-state index in [9.17, 15) is 0 Å². The van der Waals surface area contributed by atoms with Gasteiger partial charge in [-0.2, -0.15) is 0 Å². The molecule has 0 bridgehead atoms. The number of fused-ring (bicyclic) bond motifs is 1. The zero-order valence-electron chi connectivity index (χ0n) is 9.77. The maximum absolute atomic E-state index is 2.38. The normalized spacial score (nSPS) is 12.8. The van der Waals surface area contributed by atoms with Gasteiger partial charge in [0.2, 0.25) is 0 Å². The molecule has 0 amide bonds. The maximum atomic E-state index is 2.38. The van der Waals surface area contributed by atoms with Gasteiger partial charge in [-0.05, 0) is 0 Å². The third kappa shape index (κ3) is 3.22. The second-order valence-corrected chi connectivity index (χ2v) is 6.28. The van der Waals surface area contributed by atoms with Gasteiger partial charge < -0.3 is 24.8 Å². The number of rotatable bonds is 0. The summed E-state index contributed by atoms with van der Waals surface area (Å²) in [5.41, 5.74) is 4.76. The first-order valence-electron chi connectivity index (χ1n) is 5.04. The molecule has 1 aromatic rings. The molecule has 0 N–H and O–H groups in total. The second-order valence-electron chi connectivity index (χ2n) is 4.95. The van der Waals surface area contributed by atoms with Crippen molar-refractivity contribution in [2.24, 2.45) is 0 Å². The Morgan fingerprint density at radius 3 is 2.31 bits per heavy atom. The van der Waals surface area contributed by atoms with E-state index in [2.05, 4.69) is 45.1 Å². The summed E-state index contributed by atoms with van der Waals surface area (Å²) >= 11 is 1.53. The van der Waals surface area contributed by atoms with Crippen LogP contribution in [-0.4, -0.2) is 0 Å². The number of benzene rings is 1. The van der Waals surface area contributed by atoms with Crippen molar-refractivity contribution in [3.63, 3.8) is 0 Å². The van der Waals surface area contributed by atoms with Crippen LogP contribution in [0.1, 0.15) is 37.5 Å². The Balaban J connectivity index is 0.00000112. The number of hydrogen-bond donors (Lipinski definition) is 0. The van der Waals surface area contributed by atoms with Gasteiger partial charge in [-0.1, -0.05) is 0 Å². The fourth-order valence-corrected chi connectivity index (χ4v) is 2.80. The maximum Gasteiger partial charge on any atom is -1.00 e. The van der Waals surface area contributed by atoms with Crippen molar-refractivity contribution < 1.29 is 49.5 Å². The molecule has 0 saturated carbocycles. The molecule has 0 spiro atoms. The summed E-state index contributed by atoms with van der Waals surface area (Å²) in [5, 5.41) is 0. The van der Waals surface area contributed by atoms with Gasteiger partial charge in [-0.15, -0.1) is 0 Å². The number of halogens is 2. The third-order valence-corrected chi connectivity index (χ3v) is 3.77. The van der Waals surface area contributed by atoms with Crippen LogP contribution in [0, 0.1) is 0 Å². The van der Waals surface area contributed by atoms with E-state index in [1.165, 1.54) is 44.7 Å². The molecule has 1 aromatic carbocycles. The first kappa shape index (κ1) is 16.4. The van der Waals surface area contributed by atoms with E-state index in [1.807, 2.05) is 0 Å². The molecule has 2 rings (SSSR count). The molecule has 16 heavy (non-hydrogen) atoms. The summed E-state index contributed by atoms with van der Waals surface area (Å²) in [5.74, 6) is 0. The first-order valence-corrected chi connectivity index (χ1v) is 6.27. The zero-order chi connectivity index (χ0) is 10.3. The van der Waals surface area contributed by atoms with Crippen LogP contribution in [0.4, 0.5) is 0 Å². The van der Waals surface area contributed by atoms with Gasteiger partial charge in [0.05, 0.1) is 0 Å². The molecule has 0 heterocycles. The zero-order valence-corrected chi connectivity index (χ0v) is 13.7. The molecule has 0 aliphatic heterocycles. The van der Waals surface area contributed by atoms with Crippen molar-refractivity contribution in [1.29, 1.82) is 0 Å². The molecule has 0 fully saturated rings. The molecule has 85 valence electrons. The minimum absolute atomic E-state index is 0. The average molecular weight is 333 g/mol. The molecule has 0 atom stereocenters. The quantitative estimate of drug-likeness (QED) is 0.468. The Morgan fingerprint density at radius 1 is 1.12 bits per heavy atom. The summed E-state index contributed by atoms with van der Waals surface area (Å²) in [6.07, 6.45) is 5.66. The Morgan fingerprint density at radius 2 is 1.75 bits per heavy atom. The van der Waals surface area contributed by atoms with Crippen LogP contribution >= 0.6 is 0 Å². The molecule has 3 heteroatoms. The Labute approximate surface area is 126 Å². The molecule has 0 saturated heterocycles. The smallest absolute Gasteiger partial charge is 1.00 e. The molecule has 0 unspecified atom stereocenters. The predicted octanol–water partition coefficient (Wildman–Crippen LogP) is -3.27. The third-order valence-electron chi connectivity index (χ3n) is 2.75. The van der Waals surface area contributed by atoms with Crippen LogP contribution in [0.15, 0.2) is 18.2 Å². The van der Waals surface area contributed by atoms with E-state index in [4.69, 9.17) is 0 Å². The summed E-state index contributed by atoms with van der Waals surface area (Å²) in [7, 11) is 0. The summed E-state index contributed by atoms with van der Waals surface area (Å²) in [6, 6.07) is 4.75. The summed E-state index contributed by atoms with van der Waals surface area (Å²) in [4.78, 5) is 0. The molecule has 1 aliphatic carbocycles. The van der Waals surface area contributed by atoms with Gasteiger partial charge in [0.25, 0.3) is 0 Å². The standard InChI is InChI=1S/C13H15.2ClH.Zr/c1-13(2,3)12-8-7-10-5-4-6-11(10)9-12;;;/h4-5,8-9H,6H2,1-3H3;2*1H;/q;;;+2/p-2. The molecule has 1 aliphatic rings. The summed E-state index contributed by atoms with van der Waals surface area (Å²) in [6.45, 7) is 6.85. The van der Waals surface area contributed by atoms with Gasteiger partial charge >= 0.3 is 102 Å². The van der Waals surface area contributed by atoms with Crippen LogP contribution in [0.25, 0.3) is 6.08 Å². The van der Waals surface area contributed by atoms with Crippen LogP contribution in [0.3, 0.4) is 0 Å². The Hall–Kier alpha value is 0.423. The van der Waals surface area contributed by atoms with Crippen molar-refractivity contribution in [2.75, 3.05) is 0 Å². The Kier molecular flexibility index (Phi) is 6.00. The van der Waals surface area contributed by atoms with Crippen LogP contribution in [0.2, 0.25) is 0 Å². The molecule has 0 nitrogen and oxygen atoms in total. The van der Waals surface area contributed by atoms with Gasteiger partial charge in [0.15, 0.2) is 0 Å². The van der Waals surface area contributed by atoms with Crippen molar-refractivity contribution in [1.82, 2.24) is 0 Å². The Bertz CT molecular complexity index is 403.